The van der Waals surface area contributed by atoms with Crippen molar-refractivity contribution in [2.75, 3.05) is 13.1 Å². The number of aryl methyl sites for hydroxylation is 2. The van der Waals surface area contributed by atoms with Gasteiger partial charge in [0.05, 0.1) is 15.1 Å². The fourth-order valence-corrected chi connectivity index (χ4v) is 6.07. The molecule has 0 fully saturated rings. The van der Waals surface area contributed by atoms with Crippen molar-refractivity contribution in [2.45, 2.75) is 51.3 Å². The highest BCUT2D eigenvalue weighted by molar-refractivity contribution is 7.89. The molecule has 1 heterocycles. The fraction of sp³-hybridized carbons (Fsp3) is 0.417. The molecule has 0 saturated carbocycles. The van der Waals surface area contributed by atoms with E-state index in [1.165, 1.54) is 23.5 Å². The van der Waals surface area contributed by atoms with Crippen molar-refractivity contribution in [3.8, 4) is 0 Å². The first-order valence-corrected chi connectivity index (χ1v) is 13.3. The quantitative estimate of drug-likeness (QED) is 0.445. The van der Waals surface area contributed by atoms with Crippen molar-refractivity contribution in [1.29, 1.82) is 0 Å². The first kappa shape index (κ1) is 24.4. The average molecular weight is 474 g/mol. The molecule has 6 nitrogen and oxygen atoms in total. The van der Waals surface area contributed by atoms with Crippen LogP contribution in [0.25, 0.3) is 10.2 Å². The molecule has 1 amide bonds. The van der Waals surface area contributed by atoms with Gasteiger partial charge in [-0.1, -0.05) is 44.1 Å². The highest BCUT2D eigenvalue weighted by Gasteiger charge is 2.23. The number of rotatable bonds is 9. The highest BCUT2D eigenvalue weighted by atomic mass is 32.2. The Morgan fingerprint density at radius 3 is 2.25 bits per heavy atom. The molecule has 32 heavy (non-hydrogen) atoms. The minimum absolute atomic E-state index is 0.212. The van der Waals surface area contributed by atoms with Crippen LogP contribution in [0.3, 0.4) is 0 Å². The third kappa shape index (κ3) is 5.36. The van der Waals surface area contributed by atoms with Crippen LogP contribution in [0.2, 0.25) is 0 Å². The number of amides is 1. The van der Waals surface area contributed by atoms with Gasteiger partial charge in [-0.05, 0) is 61.7 Å². The third-order valence-corrected chi connectivity index (χ3v) is 8.43. The normalized spacial score (nSPS) is 12.7. The van der Waals surface area contributed by atoms with Crippen molar-refractivity contribution in [3.05, 3.63) is 58.4 Å². The Kier molecular flexibility index (Phi) is 8.03. The summed E-state index contributed by atoms with van der Waals surface area (Å²) >= 11 is 1.46. The number of aromatic nitrogens is 1. The van der Waals surface area contributed by atoms with Gasteiger partial charge in [0.2, 0.25) is 10.0 Å². The Bertz CT molecular complexity index is 1250. The van der Waals surface area contributed by atoms with E-state index in [0.29, 0.717) is 23.5 Å². The summed E-state index contributed by atoms with van der Waals surface area (Å²) in [6.07, 6.45) is 3.51. The number of hydrogen-bond donors (Lipinski definition) is 0. The molecule has 0 atom stereocenters. The van der Waals surface area contributed by atoms with Gasteiger partial charge in [-0.2, -0.15) is 9.30 Å². The van der Waals surface area contributed by atoms with Crippen LogP contribution in [0, 0.1) is 6.92 Å². The summed E-state index contributed by atoms with van der Waals surface area (Å²) in [7, 11) is -1.70. The van der Waals surface area contributed by atoms with Crippen molar-refractivity contribution < 1.29 is 13.2 Å². The van der Waals surface area contributed by atoms with Gasteiger partial charge in [-0.15, -0.1) is 0 Å². The molecule has 3 aromatic rings. The number of fused-ring (bicyclic) bond motifs is 1. The van der Waals surface area contributed by atoms with E-state index in [4.69, 9.17) is 0 Å². The largest absolute Gasteiger partial charge is 0.319 e. The SMILES string of the molecule is CCCCN(CCCC)S(=O)(=O)c1ccc(C(=O)N=c2sc3cc(C)ccc3n2C)cc1. The van der Waals surface area contributed by atoms with E-state index in [1.54, 1.807) is 16.4 Å². The number of benzene rings is 2. The number of unbranched alkanes of at least 4 members (excludes halogenated alkanes) is 2. The van der Waals surface area contributed by atoms with Crippen LogP contribution in [0.1, 0.15) is 55.5 Å². The smallest absolute Gasteiger partial charge is 0.279 e. The molecule has 0 aliphatic heterocycles. The lowest BCUT2D eigenvalue weighted by Crippen LogP contribution is -2.33. The van der Waals surface area contributed by atoms with E-state index in [0.717, 1.165) is 41.5 Å². The van der Waals surface area contributed by atoms with Crippen LogP contribution >= 0.6 is 11.3 Å². The summed E-state index contributed by atoms with van der Waals surface area (Å²) in [6.45, 7) is 7.15. The molecule has 0 spiro atoms. The second kappa shape index (κ2) is 10.6. The van der Waals surface area contributed by atoms with E-state index in [2.05, 4.69) is 11.1 Å². The number of carbonyl (C=O) groups is 1. The van der Waals surface area contributed by atoms with Crippen molar-refractivity contribution in [3.63, 3.8) is 0 Å². The molecular formula is C24H31N3O3S2. The van der Waals surface area contributed by atoms with Crippen LogP contribution in [-0.4, -0.2) is 36.3 Å². The zero-order chi connectivity index (χ0) is 23.3. The minimum Gasteiger partial charge on any atom is -0.319 e. The molecule has 0 aliphatic rings. The summed E-state index contributed by atoms with van der Waals surface area (Å²) in [5.74, 6) is -0.387. The molecular weight excluding hydrogens is 442 g/mol. The monoisotopic (exact) mass is 473 g/mol. The predicted molar refractivity (Wildman–Crippen MR) is 130 cm³/mol. The number of hydrogen-bond acceptors (Lipinski definition) is 4. The highest BCUT2D eigenvalue weighted by Crippen LogP contribution is 2.20. The Labute approximate surface area is 194 Å². The molecule has 2 aromatic carbocycles. The second-order valence-electron chi connectivity index (χ2n) is 7.97. The first-order valence-electron chi connectivity index (χ1n) is 11.0. The summed E-state index contributed by atoms with van der Waals surface area (Å²) in [5, 5.41) is 0. The van der Waals surface area contributed by atoms with Crippen molar-refractivity contribution >= 4 is 37.5 Å². The maximum atomic E-state index is 13.1. The van der Waals surface area contributed by atoms with Crippen LogP contribution in [0.15, 0.2) is 52.4 Å². The van der Waals surface area contributed by atoms with Gasteiger partial charge in [0.15, 0.2) is 4.80 Å². The fourth-order valence-electron chi connectivity index (χ4n) is 3.44. The first-order chi connectivity index (χ1) is 15.3. The zero-order valence-corrected chi connectivity index (χ0v) is 20.8. The maximum absolute atomic E-state index is 13.1. The Hall–Kier alpha value is -2.29. The summed E-state index contributed by atoms with van der Waals surface area (Å²) < 4.78 is 30.7. The van der Waals surface area contributed by atoms with Gasteiger partial charge in [0.1, 0.15) is 0 Å². The molecule has 8 heteroatoms. The lowest BCUT2D eigenvalue weighted by Gasteiger charge is -2.22. The maximum Gasteiger partial charge on any atom is 0.279 e. The number of carbonyl (C=O) groups excluding carboxylic acids is 1. The van der Waals surface area contributed by atoms with E-state index in [-0.39, 0.29) is 10.8 Å². The summed E-state index contributed by atoms with van der Waals surface area (Å²) in [4.78, 5) is 17.9. The second-order valence-corrected chi connectivity index (χ2v) is 10.9. The van der Waals surface area contributed by atoms with Crippen molar-refractivity contribution in [1.82, 2.24) is 8.87 Å². The summed E-state index contributed by atoms with van der Waals surface area (Å²) in [6, 6.07) is 12.2. The third-order valence-electron chi connectivity index (χ3n) is 5.42. The van der Waals surface area contributed by atoms with Crippen LogP contribution in [-0.2, 0) is 17.1 Å². The van der Waals surface area contributed by atoms with E-state index >= 15 is 0 Å². The van der Waals surface area contributed by atoms with E-state index < -0.39 is 10.0 Å². The molecule has 0 bridgehead atoms. The Balaban J connectivity index is 1.86. The Morgan fingerprint density at radius 1 is 1.03 bits per heavy atom. The molecule has 172 valence electrons. The summed E-state index contributed by atoms with van der Waals surface area (Å²) in [5.41, 5.74) is 2.54. The van der Waals surface area contributed by atoms with Gasteiger partial charge in [-0.25, -0.2) is 8.42 Å². The van der Waals surface area contributed by atoms with Crippen molar-refractivity contribution in [2.24, 2.45) is 12.0 Å². The van der Waals surface area contributed by atoms with Crippen LogP contribution in [0.5, 0.6) is 0 Å². The van der Waals surface area contributed by atoms with Gasteiger partial charge >= 0.3 is 0 Å². The van der Waals surface area contributed by atoms with Gasteiger partial charge in [-0.3, -0.25) is 4.79 Å². The average Bonchev–Trinajstić information content (AvgIpc) is 3.07. The molecule has 0 radical (unpaired) electrons. The lowest BCUT2D eigenvalue weighted by atomic mass is 10.2. The van der Waals surface area contributed by atoms with Gasteiger partial charge in [0, 0.05) is 25.7 Å². The molecule has 0 saturated heterocycles. The standard InChI is InChI=1S/C24H31N3O3S2/c1-5-7-15-27(16-8-6-2)32(29,30)20-12-10-19(11-13-20)23(28)25-24-26(4)21-14-9-18(3)17-22(21)31-24/h9-14,17H,5-8,15-16H2,1-4H3. The topological polar surface area (TPSA) is 71.7 Å². The Morgan fingerprint density at radius 2 is 1.66 bits per heavy atom. The molecule has 1 aromatic heterocycles. The minimum atomic E-state index is -3.59. The predicted octanol–water partition coefficient (Wildman–Crippen LogP) is 4.88. The lowest BCUT2D eigenvalue weighted by molar-refractivity contribution is 0.0998. The molecule has 0 unspecified atom stereocenters. The number of thiazole rings is 1. The van der Waals surface area contributed by atoms with E-state index in [1.807, 2.05) is 44.5 Å². The van der Waals surface area contributed by atoms with Gasteiger partial charge in [0.25, 0.3) is 5.91 Å². The van der Waals surface area contributed by atoms with Crippen LogP contribution in [0.4, 0.5) is 0 Å². The number of sulfonamides is 1. The molecule has 3 rings (SSSR count). The number of nitrogens with zero attached hydrogens (tertiary/aromatic N) is 3. The van der Waals surface area contributed by atoms with Crippen LogP contribution < -0.4 is 4.80 Å². The zero-order valence-electron chi connectivity index (χ0n) is 19.2. The van der Waals surface area contributed by atoms with E-state index in [9.17, 15) is 13.2 Å². The van der Waals surface area contributed by atoms with Gasteiger partial charge < -0.3 is 4.57 Å². The molecule has 0 N–H and O–H groups in total. The molecule has 0 aliphatic carbocycles.